The number of amides is 2. The lowest BCUT2D eigenvalue weighted by Crippen LogP contribution is -2.52. The number of benzene rings is 1. The number of para-hydroxylation sites is 1. The number of aromatic nitrogens is 1. The largest absolute Gasteiger partial charge is 0.347 e. The number of hydrogen-bond acceptors (Lipinski definition) is 3. The van der Waals surface area contributed by atoms with Crippen LogP contribution in [0, 0.1) is 5.92 Å². The molecule has 1 aliphatic rings. The van der Waals surface area contributed by atoms with E-state index in [2.05, 4.69) is 24.5 Å². The van der Waals surface area contributed by atoms with E-state index < -0.39 is 0 Å². The third kappa shape index (κ3) is 2.98. The van der Waals surface area contributed by atoms with E-state index in [4.69, 9.17) is 12.2 Å². The molecule has 0 bridgehead atoms. The van der Waals surface area contributed by atoms with Crippen LogP contribution in [-0.2, 0) is 16.1 Å². The van der Waals surface area contributed by atoms with Crippen molar-refractivity contribution in [1.29, 1.82) is 0 Å². The van der Waals surface area contributed by atoms with Gasteiger partial charge in [0, 0.05) is 43.3 Å². The first-order valence-electron chi connectivity index (χ1n) is 8.21. The maximum Gasteiger partial charge on any atom is 0.265 e. The number of likely N-dealkylation sites (N-methyl/N-ethyl adjacent to an activating group) is 2. The van der Waals surface area contributed by atoms with Gasteiger partial charge in [0.2, 0.25) is 0 Å². The predicted molar refractivity (Wildman–Crippen MR) is 103 cm³/mol. The molecule has 25 heavy (non-hydrogen) atoms. The molecule has 5 nitrogen and oxygen atoms in total. The molecular weight excluding hydrogens is 334 g/mol. The summed E-state index contributed by atoms with van der Waals surface area (Å²) in [6.07, 6.45) is 3.68. The molecule has 1 aromatic carbocycles. The topological polar surface area (TPSA) is 45.6 Å². The quantitative estimate of drug-likeness (QED) is 0.483. The first kappa shape index (κ1) is 17.4. The Morgan fingerprint density at radius 2 is 1.68 bits per heavy atom. The molecule has 0 atom stereocenters. The summed E-state index contributed by atoms with van der Waals surface area (Å²) >= 11 is 5.13. The Hall–Kier alpha value is -2.47. The summed E-state index contributed by atoms with van der Waals surface area (Å²) in [5, 5.41) is 1.24. The minimum Gasteiger partial charge on any atom is -0.347 e. The van der Waals surface area contributed by atoms with Gasteiger partial charge in [-0.1, -0.05) is 32.0 Å². The highest BCUT2D eigenvalue weighted by Gasteiger charge is 2.35. The third-order valence-corrected chi connectivity index (χ3v) is 4.87. The van der Waals surface area contributed by atoms with Crippen LogP contribution in [0.25, 0.3) is 17.0 Å². The fourth-order valence-corrected chi connectivity index (χ4v) is 3.23. The van der Waals surface area contributed by atoms with Crippen LogP contribution in [0.3, 0.4) is 0 Å². The Kier molecular flexibility index (Phi) is 4.47. The molecule has 2 heterocycles. The van der Waals surface area contributed by atoms with Crippen molar-refractivity contribution in [1.82, 2.24) is 14.4 Å². The van der Waals surface area contributed by atoms with Gasteiger partial charge in [-0.05, 0) is 30.3 Å². The zero-order valence-electron chi connectivity index (χ0n) is 14.8. The smallest absolute Gasteiger partial charge is 0.265 e. The summed E-state index contributed by atoms with van der Waals surface area (Å²) < 4.78 is 2.17. The molecule has 1 fully saturated rings. The first-order valence-corrected chi connectivity index (χ1v) is 8.61. The van der Waals surface area contributed by atoms with E-state index in [1.54, 1.807) is 20.2 Å². The van der Waals surface area contributed by atoms with Crippen LogP contribution < -0.4 is 0 Å². The van der Waals surface area contributed by atoms with Crippen LogP contribution in [0.5, 0.6) is 0 Å². The highest BCUT2D eigenvalue weighted by molar-refractivity contribution is 7.80. The van der Waals surface area contributed by atoms with E-state index >= 15 is 0 Å². The van der Waals surface area contributed by atoms with Gasteiger partial charge in [-0.3, -0.25) is 19.4 Å². The van der Waals surface area contributed by atoms with Gasteiger partial charge in [0.25, 0.3) is 11.8 Å². The molecule has 0 radical (unpaired) electrons. The van der Waals surface area contributed by atoms with E-state index in [0.29, 0.717) is 5.92 Å². The number of rotatable bonds is 3. The Labute approximate surface area is 152 Å². The van der Waals surface area contributed by atoms with Crippen LogP contribution in [-0.4, -0.2) is 45.4 Å². The molecule has 130 valence electrons. The molecule has 0 spiro atoms. The van der Waals surface area contributed by atoms with Crippen LogP contribution in [0.15, 0.2) is 36.0 Å². The highest BCUT2D eigenvalue weighted by Crippen LogP contribution is 2.26. The van der Waals surface area contributed by atoms with Crippen molar-refractivity contribution in [2.75, 3.05) is 14.1 Å². The van der Waals surface area contributed by atoms with Gasteiger partial charge in [0.15, 0.2) is 5.11 Å². The van der Waals surface area contributed by atoms with Gasteiger partial charge < -0.3 is 4.57 Å². The molecule has 0 aliphatic carbocycles. The van der Waals surface area contributed by atoms with Gasteiger partial charge >= 0.3 is 0 Å². The summed E-state index contributed by atoms with van der Waals surface area (Å²) in [7, 11) is 3.17. The predicted octanol–water partition coefficient (Wildman–Crippen LogP) is 2.90. The Morgan fingerprint density at radius 3 is 2.28 bits per heavy atom. The van der Waals surface area contributed by atoms with Crippen LogP contribution in [0.1, 0.15) is 19.4 Å². The second kappa shape index (κ2) is 6.44. The zero-order chi connectivity index (χ0) is 18.3. The van der Waals surface area contributed by atoms with Crippen LogP contribution in [0.4, 0.5) is 0 Å². The average Bonchev–Trinajstić information content (AvgIpc) is 2.92. The summed E-state index contributed by atoms with van der Waals surface area (Å²) in [4.78, 5) is 27.7. The first-order chi connectivity index (χ1) is 11.8. The minimum atomic E-state index is -0.367. The molecule has 0 saturated carbocycles. The molecular formula is C19H21N3O2S. The van der Waals surface area contributed by atoms with E-state index in [9.17, 15) is 9.59 Å². The summed E-state index contributed by atoms with van der Waals surface area (Å²) in [5.41, 5.74) is 2.09. The number of carbonyl (C=O) groups is 2. The minimum absolute atomic E-state index is 0.131. The second-order valence-electron chi connectivity index (χ2n) is 6.72. The van der Waals surface area contributed by atoms with Crippen LogP contribution in [0.2, 0.25) is 0 Å². The summed E-state index contributed by atoms with van der Waals surface area (Å²) in [5.74, 6) is -0.244. The molecule has 3 rings (SSSR count). The van der Waals surface area contributed by atoms with Gasteiger partial charge in [0.1, 0.15) is 5.57 Å². The maximum atomic E-state index is 12.5. The molecule has 2 amide bonds. The Balaban J connectivity index is 2.13. The average molecular weight is 355 g/mol. The van der Waals surface area contributed by atoms with Crippen molar-refractivity contribution >= 4 is 46.1 Å². The molecule has 1 aromatic heterocycles. The van der Waals surface area contributed by atoms with E-state index in [-0.39, 0.29) is 22.5 Å². The normalized spacial score (nSPS) is 15.7. The zero-order valence-corrected chi connectivity index (χ0v) is 15.6. The fraction of sp³-hybridized carbons (Fsp3) is 0.316. The Morgan fingerprint density at radius 1 is 1.08 bits per heavy atom. The summed E-state index contributed by atoms with van der Waals surface area (Å²) in [6.45, 7) is 5.19. The van der Waals surface area contributed by atoms with Crippen molar-refractivity contribution < 1.29 is 9.59 Å². The van der Waals surface area contributed by atoms with Gasteiger partial charge in [0.05, 0.1) is 0 Å². The van der Waals surface area contributed by atoms with Crippen molar-refractivity contribution in [3.63, 3.8) is 0 Å². The highest BCUT2D eigenvalue weighted by atomic mass is 32.1. The molecule has 0 unspecified atom stereocenters. The molecule has 1 aliphatic heterocycles. The Bertz CT molecular complexity index is 885. The van der Waals surface area contributed by atoms with Gasteiger partial charge in [-0.15, -0.1) is 0 Å². The van der Waals surface area contributed by atoms with Crippen LogP contribution >= 0.6 is 12.2 Å². The lowest BCUT2D eigenvalue weighted by molar-refractivity contribution is -0.132. The van der Waals surface area contributed by atoms with Crippen molar-refractivity contribution in [3.8, 4) is 0 Å². The van der Waals surface area contributed by atoms with E-state index in [0.717, 1.165) is 23.0 Å². The summed E-state index contributed by atoms with van der Waals surface area (Å²) in [6, 6.07) is 8.01. The number of carbonyl (C=O) groups excluding carboxylic acids is 2. The van der Waals surface area contributed by atoms with E-state index in [1.807, 2.05) is 24.4 Å². The number of thiocarbonyl (C=S) groups is 1. The number of fused-ring (bicyclic) bond motifs is 1. The molecule has 0 N–H and O–H groups in total. The molecule has 6 heteroatoms. The standard InChI is InChI=1S/C19H21N3O2S/c1-12(2)10-22-11-13(14-7-5-6-8-16(14)22)9-15-17(23)20(3)19(25)21(4)18(15)24/h5-9,11-12H,10H2,1-4H3. The van der Waals surface area contributed by atoms with Gasteiger partial charge in [-0.25, -0.2) is 0 Å². The van der Waals surface area contributed by atoms with Gasteiger partial charge in [-0.2, -0.15) is 0 Å². The lowest BCUT2D eigenvalue weighted by atomic mass is 10.1. The lowest BCUT2D eigenvalue weighted by Gasteiger charge is -2.31. The molecule has 1 saturated heterocycles. The van der Waals surface area contributed by atoms with E-state index in [1.165, 1.54) is 9.80 Å². The van der Waals surface area contributed by atoms with Crippen molar-refractivity contribution in [2.24, 2.45) is 5.92 Å². The SMILES string of the molecule is CC(C)Cn1cc(C=C2C(=O)N(C)C(=S)N(C)C2=O)c2ccccc21. The number of nitrogens with zero attached hydrogens (tertiary/aromatic N) is 3. The second-order valence-corrected chi connectivity index (χ2v) is 7.08. The maximum absolute atomic E-state index is 12.5. The van der Waals surface area contributed by atoms with Crippen molar-refractivity contribution in [3.05, 3.63) is 41.6 Å². The monoisotopic (exact) mass is 355 g/mol. The number of hydrogen-bond donors (Lipinski definition) is 0. The fourth-order valence-electron chi connectivity index (χ4n) is 3.07. The molecule has 2 aromatic rings. The third-order valence-electron chi connectivity index (χ3n) is 4.33. The van der Waals surface area contributed by atoms with Crippen molar-refractivity contribution in [2.45, 2.75) is 20.4 Å².